The summed E-state index contributed by atoms with van der Waals surface area (Å²) >= 11 is 0. The molecule has 2 rings (SSSR count). The van der Waals surface area contributed by atoms with Crippen LogP contribution in [0.2, 0.25) is 0 Å². The summed E-state index contributed by atoms with van der Waals surface area (Å²) in [5.74, 6) is 0.905. The molecular weight excluding hydrogens is 188 g/mol. The summed E-state index contributed by atoms with van der Waals surface area (Å²) < 4.78 is 5.99. The van der Waals surface area contributed by atoms with Crippen LogP contribution in [0.15, 0.2) is 24.3 Å². The first kappa shape index (κ1) is 10.3. The third-order valence-electron chi connectivity index (χ3n) is 2.87. The van der Waals surface area contributed by atoms with Crippen molar-refractivity contribution in [1.82, 2.24) is 4.90 Å². The molecule has 1 aliphatic rings. The molecule has 1 unspecified atom stereocenters. The van der Waals surface area contributed by atoms with Crippen LogP contribution >= 0.6 is 0 Å². The van der Waals surface area contributed by atoms with Crippen molar-refractivity contribution in [2.24, 2.45) is 0 Å². The Kier molecular flexibility index (Phi) is 2.57. The van der Waals surface area contributed by atoms with E-state index in [9.17, 15) is 0 Å². The topological polar surface area (TPSA) is 38.5 Å². The van der Waals surface area contributed by atoms with Crippen molar-refractivity contribution >= 4 is 5.69 Å². The average molecular weight is 206 g/mol. The van der Waals surface area contributed by atoms with Crippen molar-refractivity contribution in [3.8, 4) is 5.75 Å². The Bertz CT molecular complexity index is 336. The van der Waals surface area contributed by atoms with Gasteiger partial charge in [0.05, 0.1) is 0 Å². The van der Waals surface area contributed by atoms with Gasteiger partial charge in [-0.3, -0.25) is 0 Å². The number of nitrogen functional groups attached to an aromatic ring is 1. The van der Waals surface area contributed by atoms with E-state index in [1.807, 2.05) is 24.3 Å². The number of nitrogens with two attached hydrogens (primary N) is 1. The molecule has 0 radical (unpaired) electrons. The van der Waals surface area contributed by atoms with Crippen molar-refractivity contribution in [2.45, 2.75) is 18.9 Å². The molecule has 0 aromatic heterocycles. The van der Waals surface area contributed by atoms with Gasteiger partial charge < -0.3 is 15.4 Å². The molecule has 1 aliphatic heterocycles. The van der Waals surface area contributed by atoms with Crippen molar-refractivity contribution < 1.29 is 4.74 Å². The second-order valence-electron chi connectivity index (χ2n) is 4.61. The van der Waals surface area contributed by atoms with Crippen LogP contribution in [0.25, 0.3) is 0 Å². The molecule has 1 saturated heterocycles. The number of likely N-dealkylation sites (tertiary alicyclic amines) is 1. The summed E-state index contributed by atoms with van der Waals surface area (Å²) in [5, 5.41) is 0. The number of ether oxygens (including phenoxy) is 1. The molecule has 1 aromatic rings. The summed E-state index contributed by atoms with van der Waals surface area (Å²) in [5.41, 5.74) is 6.35. The van der Waals surface area contributed by atoms with Gasteiger partial charge in [-0.2, -0.15) is 0 Å². The standard InChI is InChI=1S/C12H18N2O/c1-12(7-8-14(2)9-12)15-11-5-3-10(13)4-6-11/h3-6H,7-9,13H2,1-2H3. The van der Waals surface area contributed by atoms with E-state index in [1.54, 1.807) is 0 Å². The van der Waals surface area contributed by atoms with Crippen molar-refractivity contribution in [3.05, 3.63) is 24.3 Å². The maximum atomic E-state index is 5.99. The zero-order valence-electron chi connectivity index (χ0n) is 9.36. The van der Waals surface area contributed by atoms with E-state index >= 15 is 0 Å². The first-order chi connectivity index (χ1) is 7.07. The van der Waals surface area contributed by atoms with E-state index in [4.69, 9.17) is 10.5 Å². The van der Waals surface area contributed by atoms with Gasteiger partial charge in [0.1, 0.15) is 11.4 Å². The second kappa shape index (κ2) is 3.74. The number of hydrogen-bond acceptors (Lipinski definition) is 3. The predicted octanol–water partition coefficient (Wildman–Crippen LogP) is 1.74. The van der Waals surface area contributed by atoms with Gasteiger partial charge in [0, 0.05) is 25.2 Å². The van der Waals surface area contributed by atoms with Crippen molar-refractivity contribution in [2.75, 3.05) is 25.9 Å². The number of nitrogens with zero attached hydrogens (tertiary/aromatic N) is 1. The molecule has 2 N–H and O–H groups in total. The molecule has 3 nitrogen and oxygen atoms in total. The van der Waals surface area contributed by atoms with Crippen LogP contribution in [0.1, 0.15) is 13.3 Å². The van der Waals surface area contributed by atoms with Gasteiger partial charge >= 0.3 is 0 Å². The minimum Gasteiger partial charge on any atom is -0.486 e. The summed E-state index contributed by atoms with van der Waals surface area (Å²) in [6.07, 6.45) is 1.08. The molecule has 0 aliphatic carbocycles. The van der Waals surface area contributed by atoms with Crippen molar-refractivity contribution in [3.63, 3.8) is 0 Å². The van der Waals surface area contributed by atoms with E-state index in [1.165, 1.54) is 0 Å². The molecule has 1 aromatic carbocycles. The molecular formula is C12H18N2O. The van der Waals surface area contributed by atoms with Crippen LogP contribution in [0.3, 0.4) is 0 Å². The van der Waals surface area contributed by atoms with Crippen LogP contribution in [0.4, 0.5) is 5.69 Å². The van der Waals surface area contributed by atoms with Crippen LogP contribution in [0, 0.1) is 0 Å². The van der Waals surface area contributed by atoms with Crippen molar-refractivity contribution in [1.29, 1.82) is 0 Å². The van der Waals surface area contributed by atoms with Gasteiger partial charge in [0.2, 0.25) is 0 Å². The number of hydrogen-bond donors (Lipinski definition) is 1. The highest BCUT2D eigenvalue weighted by molar-refractivity contribution is 5.41. The lowest BCUT2D eigenvalue weighted by Gasteiger charge is -2.25. The Balaban J connectivity index is 2.05. The molecule has 15 heavy (non-hydrogen) atoms. The number of likely N-dealkylation sites (N-methyl/N-ethyl adjacent to an activating group) is 1. The lowest BCUT2D eigenvalue weighted by molar-refractivity contribution is 0.0998. The molecule has 3 heteroatoms. The Morgan fingerprint density at radius 2 is 2.00 bits per heavy atom. The Morgan fingerprint density at radius 3 is 2.53 bits per heavy atom. The second-order valence-corrected chi connectivity index (χ2v) is 4.61. The first-order valence-electron chi connectivity index (χ1n) is 5.31. The highest BCUT2D eigenvalue weighted by Gasteiger charge is 2.33. The summed E-state index contributed by atoms with van der Waals surface area (Å²) in [7, 11) is 2.12. The monoisotopic (exact) mass is 206 g/mol. The van der Waals surface area contributed by atoms with Gasteiger partial charge in [0.25, 0.3) is 0 Å². The fourth-order valence-corrected chi connectivity index (χ4v) is 2.06. The molecule has 0 bridgehead atoms. The first-order valence-corrected chi connectivity index (χ1v) is 5.31. The van der Waals surface area contributed by atoms with Gasteiger partial charge in [-0.15, -0.1) is 0 Å². The maximum Gasteiger partial charge on any atom is 0.120 e. The molecule has 82 valence electrons. The quantitative estimate of drug-likeness (QED) is 0.749. The highest BCUT2D eigenvalue weighted by atomic mass is 16.5. The zero-order valence-corrected chi connectivity index (χ0v) is 9.36. The number of anilines is 1. The van der Waals surface area contributed by atoms with E-state index in [2.05, 4.69) is 18.9 Å². The van der Waals surface area contributed by atoms with Crippen LogP contribution in [-0.2, 0) is 0 Å². The highest BCUT2D eigenvalue weighted by Crippen LogP contribution is 2.27. The minimum absolute atomic E-state index is 0.0507. The SMILES string of the molecule is CN1CCC(C)(Oc2ccc(N)cc2)C1. The lowest BCUT2D eigenvalue weighted by atomic mass is 10.1. The van der Waals surface area contributed by atoms with Crippen LogP contribution < -0.4 is 10.5 Å². The molecule has 1 atom stereocenters. The molecule has 0 spiro atoms. The maximum absolute atomic E-state index is 5.99. The summed E-state index contributed by atoms with van der Waals surface area (Å²) in [4.78, 5) is 2.29. The smallest absolute Gasteiger partial charge is 0.120 e. The van der Waals surface area contributed by atoms with E-state index in [-0.39, 0.29) is 5.60 Å². The normalized spacial score (nSPS) is 26.8. The molecule has 0 saturated carbocycles. The van der Waals surface area contributed by atoms with Gasteiger partial charge in [-0.05, 0) is 38.2 Å². The number of rotatable bonds is 2. The number of benzene rings is 1. The Hall–Kier alpha value is -1.22. The van der Waals surface area contributed by atoms with Gasteiger partial charge in [-0.25, -0.2) is 0 Å². The summed E-state index contributed by atoms with van der Waals surface area (Å²) in [6.45, 7) is 4.25. The van der Waals surface area contributed by atoms with Gasteiger partial charge in [-0.1, -0.05) is 0 Å². The lowest BCUT2D eigenvalue weighted by Crippen LogP contribution is -2.35. The fraction of sp³-hybridized carbons (Fsp3) is 0.500. The summed E-state index contributed by atoms with van der Waals surface area (Å²) in [6, 6.07) is 7.60. The van der Waals surface area contributed by atoms with Crippen LogP contribution in [-0.4, -0.2) is 30.6 Å². The minimum atomic E-state index is -0.0507. The average Bonchev–Trinajstić information content (AvgIpc) is 2.50. The fourth-order valence-electron chi connectivity index (χ4n) is 2.06. The molecule has 1 fully saturated rings. The Morgan fingerprint density at radius 1 is 1.33 bits per heavy atom. The largest absolute Gasteiger partial charge is 0.486 e. The molecule has 0 amide bonds. The molecule has 1 heterocycles. The zero-order chi connectivity index (χ0) is 10.9. The van der Waals surface area contributed by atoms with Gasteiger partial charge in [0.15, 0.2) is 0 Å². The van der Waals surface area contributed by atoms with E-state index in [0.29, 0.717) is 0 Å². The van der Waals surface area contributed by atoms with E-state index < -0.39 is 0 Å². The third-order valence-corrected chi connectivity index (χ3v) is 2.87. The Labute approximate surface area is 90.8 Å². The van der Waals surface area contributed by atoms with Crippen LogP contribution in [0.5, 0.6) is 5.75 Å². The van der Waals surface area contributed by atoms with E-state index in [0.717, 1.165) is 30.9 Å². The third kappa shape index (κ3) is 2.42. The predicted molar refractivity (Wildman–Crippen MR) is 62.0 cm³/mol.